The minimum Gasteiger partial charge on any atom is -0.478 e. The standard InChI is InChI=1S/C15H25N3O2/c1-2-19-13-14-4-5-15(17-12-14)20-11-3-8-18-9-6-16-7-10-18/h4-5,12,16H,2-3,6-11,13H2,1H3. The van der Waals surface area contributed by atoms with E-state index < -0.39 is 0 Å². The molecule has 2 heterocycles. The largest absolute Gasteiger partial charge is 0.478 e. The van der Waals surface area contributed by atoms with Crippen LogP contribution < -0.4 is 10.1 Å². The summed E-state index contributed by atoms with van der Waals surface area (Å²) in [6.07, 6.45) is 2.86. The molecular formula is C15H25N3O2. The number of ether oxygens (including phenoxy) is 2. The first-order valence-electron chi connectivity index (χ1n) is 7.47. The van der Waals surface area contributed by atoms with Gasteiger partial charge >= 0.3 is 0 Å². The van der Waals surface area contributed by atoms with Crippen molar-refractivity contribution in [3.8, 4) is 5.88 Å². The molecule has 112 valence electrons. The smallest absolute Gasteiger partial charge is 0.213 e. The van der Waals surface area contributed by atoms with Crippen molar-refractivity contribution in [2.75, 3.05) is 45.9 Å². The number of piperazine rings is 1. The first-order chi connectivity index (χ1) is 9.88. The Morgan fingerprint density at radius 1 is 1.30 bits per heavy atom. The summed E-state index contributed by atoms with van der Waals surface area (Å²) in [5.74, 6) is 0.700. The van der Waals surface area contributed by atoms with Gasteiger partial charge in [-0.3, -0.25) is 0 Å². The Kier molecular flexibility index (Phi) is 6.77. The van der Waals surface area contributed by atoms with Gasteiger partial charge in [0.1, 0.15) is 0 Å². The molecule has 2 rings (SSSR count). The molecule has 1 aliphatic rings. The Morgan fingerprint density at radius 2 is 2.15 bits per heavy atom. The zero-order valence-corrected chi connectivity index (χ0v) is 12.3. The zero-order valence-electron chi connectivity index (χ0n) is 12.3. The van der Waals surface area contributed by atoms with Gasteiger partial charge in [0.15, 0.2) is 0 Å². The van der Waals surface area contributed by atoms with Crippen molar-refractivity contribution in [1.82, 2.24) is 15.2 Å². The van der Waals surface area contributed by atoms with E-state index in [1.165, 1.54) is 0 Å². The van der Waals surface area contributed by atoms with E-state index in [4.69, 9.17) is 9.47 Å². The lowest BCUT2D eigenvalue weighted by Crippen LogP contribution is -2.43. The summed E-state index contributed by atoms with van der Waals surface area (Å²) in [5, 5.41) is 3.36. The number of nitrogens with zero attached hydrogens (tertiary/aromatic N) is 2. The monoisotopic (exact) mass is 279 g/mol. The maximum atomic E-state index is 5.66. The van der Waals surface area contributed by atoms with Gasteiger partial charge in [-0.15, -0.1) is 0 Å². The number of hydrogen-bond acceptors (Lipinski definition) is 5. The highest BCUT2D eigenvalue weighted by atomic mass is 16.5. The van der Waals surface area contributed by atoms with Gasteiger partial charge in [0.05, 0.1) is 13.2 Å². The Hall–Kier alpha value is -1.17. The van der Waals surface area contributed by atoms with Gasteiger partial charge in [-0.1, -0.05) is 0 Å². The first-order valence-corrected chi connectivity index (χ1v) is 7.47. The van der Waals surface area contributed by atoms with Crippen LogP contribution in [0.4, 0.5) is 0 Å². The first kappa shape index (κ1) is 15.2. The van der Waals surface area contributed by atoms with Gasteiger partial charge < -0.3 is 19.7 Å². The zero-order chi connectivity index (χ0) is 14.0. The van der Waals surface area contributed by atoms with E-state index in [-0.39, 0.29) is 0 Å². The number of pyridine rings is 1. The summed E-state index contributed by atoms with van der Waals surface area (Å²) in [6, 6.07) is 3.92. The van der Waals surface area contributed by atoms with Gasteiger partial charge in [-0.2, -0.15) is 0 Å². The van der Waals surface area contributed by atoms with Crippen LogP contribution in [0, 0.1) is 0 Å². The minimum absolute atomic E-state index is 0.618. The molecule has 0 aliphatic carbocycles. The van der Waals surface area contributed by atoms with Gasteiger partial charge in [-0.05, 0) is 25.0 Å². The highest BCUT2D eigenvalue weighted by Crippen LogP contribution is 2.09. The van der Waals surface area contributed by atoms with Crippen molar-refractivity contribution >= 4 is 0 Å². The van der Waals surface area contributed by atoms with E-state index in [1.54, 1.807) is 0 Å². The quantitative estimate of drug-likeness (QED) is 0.727. The fourth-order valence-electron chi connectivity index (χ4n) is 2.20. The average Bonchev–Trinajstić information content (AvgIpc) is 2.52. The molecule has 1 fully saturated rings. The second-order valence-corrected chi connectivity index (χ2v) is 4.94. The molecule has 0 radical (unpaired) electrons. The van der Waals surface area contributed by atoms with Crippen LogP contribution in [-0.2, 0) is 11.3 Å². The summed E-state index contributed by atoms with van der Waals surface area (Å²) >= 11 is 0. The molecule has 0 bridgehead atoms. The number of aromatic nitrogens is 1. The number of nitrogens with one attached hydrogen (secondary N) is 1. The predicted molar refractivity (Wildman–Crippen MR) is 79.0 cm³/mol. The molecular weight excluding hydrogens is 254 g/mol. The van der Waals surface area contributed by atoms with Crippen molar-refractivity contribution in [1.29, 1.82) is 0 Å². The lowest BCUT2D eigenvalue weighted by molar-refractivity contribution is 0.133. The van der Waals surface area contributed by atoms with Crippen LogP contribution in [0.1, 0.15) is 18.9 Å². The molecule has 0 aromatic carbocycles. The molecule has 5 nitrogen and oxygen atoms in total. The molecule has 1 aromatic heterocycles. The molecule has 1 aromatic rings. The molecule has 0 unspecified atom stereocenters. The lowest BCUT2D eigenvalue weighted by atomic mass is 10.3. The second kappa shape index (κ2) is 8.89. The van der Waals surface area contributed by atoms with Crippen LogP contribution in [0.3, 0.4) is 0 Å². The Morgan fingerprint density at radius 3 is 2.85 bits per heavy atom. The summed E-state index contributed by atoms with van der Waals surface area (Å²) in [6.45, 7) is 9.65. The molecule has 20 heavy (non-hydrogen) atoms. The van der Waals surface area contributed by atoms with E-state index in [9.17, 15) is 0 Å². The van der Waals surface area contributed by atoms with Crippen molar-refractivity contribution in [3.63, 3.8) is 0 Å². The van der Waals surface area contributed by atoms with Crippen LogP contribution >= 0.6 is 0 Å². The third kappa shape index (κ3) is 5.45. The van der Waals surface area contributed by atoms with Crippen LogP contribution in [-0.4, -0.2) is 55.8 Å². The van der Waals surface area contributed by atoms with Crippen molar-refractivity contribution < 1.29 is 9.47 Å². The molecule has 0 saturated carbocycles. The maximum absolute atomic E-state index is 5.66. The highest BCUT2D eigenvalue weighted by molar-refractivity contribution is 5.17. The highest BCUT2D eigenvalue weighted by Gasteiger charge is 2.08. The summed E-state index contributed by atoms with van der Waals surface area (Å²) in [5.41, 5.74) is 1.08. The fourth-order valence-corrected chi connectivity index (χ4v) is 2.20. The van der Waals surface area contributed by atoms with Crippen molar-refractivity contribution in [3.05, 3.63) is 23.9 Å². The Bertz CT molecular complexity index is 364. The number of rotatable bonds is 8. The molecule has 1 aliphatic heterocycles. The average molecular weight is 279 g/mol. The summed E-state index contributed by atoms with van der Waals surface area (Å²) < 4.78 is 11.0. The summed E-state index contributed by atoms with van der Waals surface area (Å²) in [7, 11) is 0. The third-order valence-electron chi connectivity index (χ3n) is 3.35. The third-order valence-corrected chi connectivity index (χ3v) is 3.35. The predicted octanol–water partition coefficient (Wildman–Crippen LogP) is 1.29. The van der Waals surface area contributed by atoms with Crippen LogP contribution in [0.2, 0.25) is 0 Å². The minimum atomic E-state index is 0.618. The van der Waals surface area contributed by atoms with Crippen molar-refractivity contribution in [2.45, 2.75) is 20.0 Å². The SMILES string of the molecule is CCOCc1ccc(OCCCN2CCNCC2)nc1. The van der Waals surface area contributed by atoms with Gasteiger partial charge in [0.25, 0.3) is 0 Å². The van der Waals surface area contributed by atoms with E-state index in [1.807, 2.05) is 25.3 Å². The molecule has 0 amide bonds. The van der Waals surface area contributed by atoms with Crippen LogP contribution in [0.15, 0.2) is 18.3 Å². The molecule has 0 atom stereocenters. The lowest BCUT2D eigenvalue weighted by Gasteiger charge is -2.26. The van der Waals surface area contributed by atoms with Gasteiger partial charge in [-0.25, -0.2) is 4.98 Å². The van der Waals surface area contributed by atoms with E-state index >= 15 is 0 Å². The normalized spacial score (nSPS) is 16.2. The van der Waals surface area contributed by atoms with Crippen LogP contribution in [0.25, 0.3) is 0 Å². The second-order valence-electron chi connectivity index (χ2n) is 4.94. The van der Waals surface area contributed by atoms with Gasteiger partial charge in [0, 0.05) is 51.6 Å². The van der Waals surface area contributed by atoms with E-state index in [0.717, 1.165) is 57.9 Å². The fraction of sp³-hybridized carbons (Fsp3) is 0.667. The molecule has 1 N–H and O–H groups in total. The summed E-state index contributed by atoms with van der Waals surface area (Å²) in [4.78, 5) is 6.76. The van der Waals surface area contributed by atoms with E-state index in [2.05, 4.69) is 15.2 Å². The van der Waals surface area contributed by atoms with Crippen LogP contribution in [0.5, 0.6) is 5.88 Å². The number of hydrogen-bond donors (Lipinski definition) is 1. The molecule has 0 spiro atoms. The molecule has 1 saturated heterocycles. The van der Waals surface area contributed by atoms with Gasteiger partial charge in [0.2, 0.25) is 5.88 Å². The topological polar surface area (TPSA) is 46.6 Å². The Labute approximate surface area is 121 Å². The maximum Gasteiger partial charge on any atom is 0.213 e. The Balaban J connectivity index is 1.61. The van der Waals surface area contributed by atoms with Crippen molar-refractivity contribution in [2.24, 2.45) is 0 Å². The molecule has 5 heteroatoms. The van der Waals surface area contributed by atoms with E-state index in [0.29, 0.717) is 12.5 Å².